The summed E-state index contributed by atoms with van der Waals surface area (Å²) in [5, 5.41) is 5.93. The quantitative estimate of drug-likeness (QED) is 0.628. The van der Waals surface area contributed by atoms with Crippen LogP contribution in [0.2, 0.25) is 0 Å². The fraction of sp³-hybridized carbons (Fsp3) is 0.364. The SMILES string of the molecule is CC(C)(C)OC(=O)c1ccc2c(CC3CC3)n(-c3ccccc3)nc2c1. The highest BCUT2D eigenvalue weighted by atomic mass is 16.6. The van der Waals surface area contributed by atoms with E-state index in [1.807, 2.05) is 61.9 Å². The Bertz CT molecular complexity index is 947. The molecule has 0 radical (unpaired) electrons. The van der Waals surface area contributed by atoms with Crippen molar-refractivity contribution in [1.82, 2.24) is 9.78 Å². The lowest BCUT2D eigenvalue weighted by molar-refractivity contribution is 0.00697. The maximum absolute atomic E-state index is 12.4. The number of benzene rings is 2. The van der Waals surface area contributed by atoms with E-state index in [2.05, 4.69) is 12.1 Å². The lowest BCUT2D eigenvalue weighted by Crippen LogP contribution is -2.23. The summed E-state index contributed by atoms with van der Waals surface area (Å²) in [6.45, 7) is 5.63. The molecular formula is C22H24N2O2. The van der Waals surface area contributed by atoms with Crippen molar-refractivity contribution < 1.29 is 9.53 Å². The molecule has 0 amide bonds. The fourth-order valence-electron chi connectivity index (χ4n) is 3.18. The van der Waals surface area contributed by atoms with Crippen LogP contribution in [0.5, 0.6) is 0 Å². The van der Waals surface area contributed by atoms with Gasteiger partial charge >= 0.3 is 5.97 Å². The van der Waals surface area contributed by atoms with Crippen LogP contribution in [0, 0.1) is 5.92 Å². The molecule has 1 aromatic heterocycles. The summed E-state index contributed by atoms with van der Waals surface area (Å²) in [7, 11) is 0. The smallest absolute Gasteiger partial charge is 0.338 e. The third-order valence-corrected chi connectivity index (χ3v) is 4.59. The van der Waals surface area contributed by atoms with Crippen molar-refractivity contribution in [2.24, 2.45) is 5.92 Å². The summed E-state index contributed by atoms with van der Waals surface area (Å²) in [4.78, 5) is 12.4. The van der Waals surface area contributed by atoms with Crippen LogP contribution in [0.25, 0.3) is 16.6 Å². The zero-order valence-corrected chi connectivity index (χ0v) is 15.5. The normalized spacial score (nSPS) is 14.6. The molecule has 4 nitrogen and oxygen atoms in total. The van der Waals surface area contributed by atoms with Crippen molar-refractivity contribution >= 4 is 16.9 Å². The van der Waals surface area contributed by atoms with Crippen LogP contribution >= 0.6 is 0 Å². The molecule has 0 N–H and O–H groups in total. The minimum atomic E-state index is -0.507. The van der Waals surface area contributed by atoms with E-state index < -0.39 is 5.60 Å². The molecule has 0 saturated heterocycles. The summed E-state index contributed by atoms with van der Waals surface area (Å²) in [6, 6.07) is 15.9. The van der Waals surface area contributed by atoms with E-state index in [4.69, 9.17) is 9.84 Å². The molecule has 1 saturated carbocycles. The molecule has 0 aliphatic heterocycles. The van der Waals surface area contributed by atoms with Crippen molar-refractivity contribution in [2.45, 2.75) is 45.6 Å². The number of hydrogen-bond donors (Lipinski definition) is 0. The molecule has 1 aliphatic carbocycles. The van der Waals surface area contributed by atoms with Gasteiger partial charge in [-0.1, -0.05) is 24.3 Å². The Labute approximate surface area is 153 Å². The Hall–Kier alpha value is -2.62. The van der Waals surface area contributed by atoms with Gasteiger partial charge in [0.15, 0.2) is 0 Å². The first-order valence-corrected chi connectivity index (χ1v) is 9.21. The number of esters is 1. The molecule has 0 spiro atoms. The molecule has 1 heterocycles. The average molecular weight is 348 g/mol. The van der Waals surface area contributed by atoms with Crippen molar-refractivity contribution in [3.05, 3.63) is 59.8 Å². The first kappa shape index (κ1) is 16.8. The molecule has 1 aliphatic rings. The minimum Gasteiger partial charge on any atom is -0.456 e. The number of para-hydroxylation sites is 1. The van der Waals surface area contributed by atoms with Crippen LogP contribution in [0.3, 0.4) is 0 Å². The molecule has 3 aromatic rings. The number of hydrogen-bond acceptors (Lipinski definition) is 3. The maximum atomic E-state index is 12.4. The molecule has 1 fully saturated rings. The van der Waals surface area contributed by atoms with E-state index >= 15 is 0 Å². The summed E-state index contributed by atoms with van der Waals surface area (Å²) < 4.78 is 7.53. The molecule has 0 atom stereocenters. The number of nitrogens with zero attached hydrogens (tertiary/aromatic N) is 2. The van der Waals surface area contributed by atoms with Crippen LogP contribution in [-0.2, 0) is 11.2 Å². The largest absolute Gasteiger partial charge is 0.456 e. The van der Waals surface area contributed by atoms with Gasteiger partial charge in [0.2, 0.25) is 0 Å². The van der Waals surface area contributed by atoms with Crippen molar-refractivity contribution in [3.63, 3.8) is 0 Å². The van der Waals surface area contributed by atoms with Gasteiger partial charge in [-0.25, -0.2) is 9.48 Å². The van der Waals surface area contributed by atoms with E-state index in [-0.39, 0.29) is 5.97 Å². The van der Waals surface area contributed by atoms with E-state index in [9.17, 15) is 4.79 Å². The highest BCUT2D eigenvalue weighted by molar-refractivity contribution is 5.95. The molecule has 26 heavy (non-hydrogen) atoms. The summed E-state index contributed by atoms with van der Waals surface area (Å²) in [6.07, 6.45) is 3.60. The van der Waals surface area contributed by atoms with Crippen molar-refractivity contribution in [2.75, 3.05) is 0 Å². The van der Waals surface area contributed by atoms with Gasteiger partial charge in [-0.05, 0) is 70.2 Å². The standard InChI is InChI=1S/C22H24N2O2/c1-22(2,3)26-21(25)16-11-12-18-19(14-16)23-24(17-7-5-4-6-8-17)20(18)13-15-9-10-15/h4-8,11-12,14-15H,9-10,13H2,1-3H3. The molecule has 134 valence electrons. The first-order valence-electron chi connectivity index (χ1n) is 9.21. The Morgan fingerprint density at radius 3 is 2.54 bits per heavy atom. The van der Waals surface area contributed by atoms with Crippen LogP contribution in [0.4, 0.5) is 0 Å². The molecular weight excluding hydrogens is 324 g/mol. The highest BCUT2D eigenvalue weighted by Gasteiger charge is 2.26. The number of fused-ring (bicyclic) bond motifs is 1. The van der Waals surface area contributed by atoms with Gasteiger partial charge in [0.05, 0.1) is 22.5 Å². The van der Waals surface area contributed by atoms with Crippen LogP contribution in [0.1, 0.15) is 49.7 Å². The van der Waals surface area contributed by atoms with Crippen LogP contribution < -0.4 is 0 Å². The number of carbonyl (C=O) groups excluding carboxylic acids is 1. The van der Waals surface area contributed by atoms with Gasteiger partial charge in [0, 0.05) is 5.39 Å². The Kier molecular flexibility index (Phi) is 4.06. The van der Waals surface area contributed by atoms with E-state index in [0.717, 1.165) is 28.9 Å². The van der Waals surface area contributed by atoms with Crippen molar-refractivity contribution in [3.8, 4) is 5.69 Å². The second-order valence-corrected chi connectivity index (χ2v) is 8.08. The Morgan fingerprint density at radius 2 is 1.88 bits per heavy atom. The fourth-order valence-corrected chi connectivity index (χ4v) is 3.18. The molecule has 4 rings (SSSR count). The summed E-state index contributed by atoms with van der Waals surface area (Å²) >= 11 is 0. The van der Waals surface area contributed by atoms with Gasteiger partial charge < -0.3 is 4.74 Å². The second-order valence-electron chi connectivity index (χ2n) is 8.08. The molecule has 0 unspecified atom stereocenters. The predicted molar refractivity (Wildman–Crippen MR) is 103 cm³/mol. The number of aromatic nitrogens is 2. The predicted octanol–water partition coefficient (Wildman–Crippen LogP) is 4.93. The zero-order valence-electron chi connectivity index (χ0n) is 15.5. The van der Waals surface area contributed by atoms with Crippen LogP contribution in [-0.4, -0.2) is 21.4 Å². The average Bonchev–Trinajstić information content (AvgIpc) is 3.34. The van der Waals surface area contributed by atoms with Gasteiger partial charge in [-0.2, -0.15) is 5.10 Å². The van der Waals surface area contributed by atoms with Gasteiger partial charge in [0.25, 0.3) is 0 Å². The lowest BCUT2D eigenvalue weighted by Gasteiger charge is -2.19. The third kappa shape index (κ3) is 3.50. The monoisotopic (exact) mass is 348 g/mol. The topological polar surface area (TPSA) is 44.1 Å². The Morgan fingerprint density at radius 1 is 1.15 bits per heavy atom. The lowest BCUT2D eigenvalue weighted by atomic mass is 10.1. The highest BCUT2D eigenvalue weighted by Crippen LogP contribution is 2.35. The first-order chi connectivity index (χ1) is 12.4. The maximum Gasteiger partial charge on any atom is 0.338 e. The number of carbonyl (C=O) groups is 1. The number of rotatable bonds is 4. The molecule has 0 bridgehead atoms. The molecule has 2 aromatic carbocycles. The van der Waals surface area contributed by atoms with Gasteiger partial charge in [-0.3, -0.25) is 0 Å². The number of ether oxygens (including phenoxy) is 1. The summed E-state index contributed by atoms with van der Waals surface area (Å²) in [5.41, 5.74) is 3.16. The van der Waals surface area contributed by atoms with Gasteiger partial charge in [-0.15, -0.1) is 0 Å². The van der Waals surface area contributed by atoms with Crippen LogP contribution in [0.15, 0.2) is 48.5 Å². The van der Waals surface area contributed by atoms with E-state index in [1.54, 1.807) is 0 Å². The Balaban J connectivity index is 1.77. The van der Waals surface area contributed by atoms with Gasteiger partial charge in [0.1, 0.15) is 5.60 Å². The zero-order chi connectivity index (χ0) is 18.3. The second kappa shape index (κ2) is 6.27. The molecule has 4 heteroatoms. The van der Waals surface area contributed by atoms with E-state index in [0.29, 0.717) is 5.56 Å². The van der Waals surface area contributed by atoms with E-state index in [1.165, 1.54) is 18.5 Å². The van der Waals surface area contributed by atoms with Crippen molar-refractivity contribution in [1.29, 1.82) is 0 Å². The third-order valence-electron chi connectivity index (χ3n) is 4.59. The summed E-state index contributed by atoms with van der Waals surface area (Å²) in [5.74, 6) is 0.445. The minimum absolute atomic E-state index is 0.308.